The average Bonchev–Trinajstić information content (AvgIpc) is 3.24. The van der Waals surface area contributed by atoms with Crippen LogP contribution in [0.5, 0.6) is 0 Å². The minimum atomic E-state index is -0.570. The van der Waals surface area contributed by atoms with Gasteiger partial charge in [0, 0.05) is 0 Å². The summed E-state index contributed by atoms with van der Waals surface area (Å²) in [5, 5.41) is 4.04. The van der Waals surface area contributed by atoms with Gasteiger partial charge in [-0.3, -0.25) is 0 Å². The van der Waals surface area contributed by atoms with Gasteiger partial charge in [0.1, 0.15) is 0 Å². The normalized spacial score (nSPS) is 15.1. The molecular weight excluding hydrogens is 553 g/mol. The van der Waals surface area contributed by atoms with Crippen LogP contribution in [-0.2, 0) is 0 Å². The molecule has 9 rings (SSSR count). The van der Waals surface area contributed by atoms with E-state index in [2.05, 4.69) is 12.1 Å². The van der Waals surface area contributed by atoms with Gasteiger partial charge in [0.25, 0.3) is 0 Å². The van der Waals surface area contributed by atoms with Crippen molar-refractivity contribution in [2.75, 3.05) is 0 Å². The molecule has 0 fully saturated rings. The minimum absolute atomic E-state index is 0.0293. The second-order valence-corrected chi connectivity index (χ2v) is 11.1. The highest BCUT2D eigenvalue weighted by molar-refractivity contribution is 6.24. The van der Waals surface area contributed by atoms with Crippen LogP contribution < -0.4 is 0 Å². The summed E-state index contributed by atoms with van der Waals surface area (Å²) < 4.78 is 107. The first kappa shape index (κ1) is 16.9. The van der Waals surface area contributed by atoms with Gasteiger partial charge in [-0.1, -0.05) is 176 Å². The molecule has 46 heavy (non-hydrogen) atoms. The fourth-order valence-electron chi connectivity index (χ4n) is 6.65. The number of hydrogen-bond donors (Lipinski definition) is 0. The van der Waals surface area contributed by atoms with Crippen LogP contribution in [0.25, 0.3) is 87.6 Å². The molecule has 0 N–H and O–H groups in total. The second kappa shape index (κ2) is 10.9. The van der Waals surface area contributed by atoms with E-state index in [9.17, 15) is 5.48 Å². The summed E-state index contributed by atoms with van der Waals surface area (Å²) in [5.41, 5.74) is 3.07. The summed E-state index contributed by atoms with van der Waals surface area (Å²) in [6.45, 7) is 0. The molecule has 0 aliphatic heterocycles. The second-order valence-electron chi connectivity index (χ2n) is 11.1. The van der Waals surface area contributed by atoms with Gasteiger partial charge in [0.05, 0.1) is 16.4 Å². The van der Waals surface area contributed by atoms with Crippen LogP contribution in [0.15, 0.2) is 182 Å². The molecule has 0 bridgehead atoms. The lowest BCUT2D eigenvalue weighted by Crippen LogP contribution is -1.93. The summed E-state index contributed by atoms with van der Waals surface area (Å²) >= 11 is 0. The van der Waals surface area contributed by atoms with Gasteiger partial charge in [-0.2, -0.15) is 0 Å². The van der Waals surface area contributed by atoms with E-state index in [1.165, 1.54) is 6.07 Å². The fourth-order valence-corrected chi connectivity index (χ4v) is 6.65. The zero-order valence-corrected chi connectivity index (χ0v) is 24.4. The Morgan fingerprint density at radius 1 is 0.304 bits per heavy atom. The standard InChI is InChI=1S/C46H30/c1-2-15-32(16-3-1)35-18-6-7-19-39(35)45-41-20-8-10-22-43(41)46(44-23-11-9-21-42(44)45)40-27-13-25-37-36(24-12-26-38(37)40)34-29-28-31-14-4-5-17-33(31)30-34/h1-30H/i1D,2D,3D,8D,10D,11D,15D,16D,20D,21D,22D,23D. The Morgan fingerprint density at radius 2 is 0.870 bits per heavy atom. The van der Waals surface area contributed by atoms with Crippen LogP contribution in [0.4, 0.5) is 0 Å². The topological polar surface area (TPSA) is 0 Å². The molecule has 0 heterocycles. The third kappa shape index (κ3) is 4.23. The van der Waals surface area contributed by atoms with Gasteiger partial charge in [0.15, 0.2) is 0 Å². The lowest BCUT2D eigenvalue weighted by molar-refractivity contribution is 1.61. The Balaban J connectivity index is 1.48. The van der Waals surface area contributed by atoms with Crippen molar-refractivity contribution >= 4 is 43.1 Å². The van der Waals surface area contributed by atoms with Crippen molar-refractivity contribution in [3.05, 3.63) is 182 Å². The highest BCUT2D eigenvalue weighted by atomic mass is 14.2. The maximum Gasteiger partial charge on any atom is 0.0629 e. The van der Waals surface area contributed by atoms with E-state index in [-0.39, 0.29) is 67.5 Å². The summed E-state index contributed by atoms with van der Waals surface area (Å²) in [6, 6.07) is 28.3. The van der Waals surface area contributed by atoms with Gasteiger partial charge in [-0.05, 0) is 93.7 Å². The molecule has 0 aliphatic rings. The quantitative estimate of drug-likeness (QED) is 0.178. The Labute approximate surface area is 285 Å². The molecule has 0 aliphatic carbocycles. The summed E-state index contributed by atoms with van der Waals surface area (Å²) in [5.74, 6) is 0. The highest BCUT2D eigenvalue weighted by Crippen LogP contribution is 2.47. The van der Waals surface area contributed by atoms with Crippen molar-refractivity contribution in [3.63, 3.8) is 0 Å². The van der Waals surface area contributed by atoms with Crippen LogP contribution in [-0.4, -0.2) is 0 Å². The molecule has 0 spiro atoms. The molecule has 0 aromatic heterocycles. The van der Waals surface area contributed by atoms with E-state index in [1.54, 1.807) is 24.3 Å². The average molecular weight is 595 g/mol. The van der Waals surface area contributed by atoms with Crippen molar-refractivity contribution < 1.29 is 16.4 Å². The highest BCUT2D eigenvalue weighted by Gasteiger charge is 2.20. The van der Waals surface area contributed by atoms with Crippen LogP contribution in [0.1, 0.15) is 16.4 Å². The third-order valence-corrected chi connectivity index (χ3v) is 8.64. The van der Waals surface area contributed by atoms with Crippen molar-refractivity contribution in [2.45, 2.75) is 0 Å². The molecule has 0 nitrogen and oxygen atoms in total. The molecule has 0 saturated carbocycles. The smallest absolute Gasteiger partial charge is 0.0622 e. The minimum Gasteiger partial charge on any atom is -0.0622 e. The number of benzene rings is 9. The van der Waals surface area contributed by atoms with Crippen LogP contribution >= 0.6 is 0 Å². The molecular formula is C46H30. The van der Waals surface area contributed by atoms with E-state index in [1.807, 2.05) is 66.7 Å². The molecule has 0 saturated heterocycles. The number of fused-ring (bicyclic) bond motifs is 4. The van der Waals surface area contributed by atoms with Crippen molar-refractivity contribution in [2.24, 2.45) is 0 Å². The molecule has 0 radical (unpaired) electrons. The molecule has 0 amide bonds. The monoisotopic (exact) mass is 594 g/mol. The first-order chi connectivity index (χ1) is 27.8. The first-order valence-electron chi connectivity index (χ1n) is 21.0. The number of rotatable bonds is 4. The number of hydrogen-bond acceptors (Lipinski definition) is 0. The van der Waals surface area contributed by atoms with Crippen LogP contribution in [0, 0.1) is 0 Å². The maximum absolute atomic E-state index is 9.48. The van der Waals surface area contributed by atoms with E-state index < -0.39 is 54.4 Å². The predicted octanol–water partition coefficient (Wildman–Crippen LogP) is 13.0. The Morgan fingerprint density at radius 3 is 1.65 bits per heavy atom. The van der Waals surface area contributed by atoms with Crippen LogP contribution in [0.2, 0.25) is 0 Å². The van der Waals surface area contributed by atoms with Gasteiger partial charge in [-0.25, -0.2) is 0 Å². The van der Waals surface area contributed by atoms with E-state index in [0.29, 0.717) is 5.56 Å². The summed E-state index contributed by atoms with van der Waals surface area (Å²) in [6.07, 6.45) is 0. The van der Waals surface area contributed by atoms with E-state index in [0.717, 1.165) is 32.7 Å². The summed E-state index contributed by atoms with van der Waals surface area (Å²) in [7, 11) is 0. The van der Waals surface area contributed by atoms with Crippen molar-refractivity contribution in [1.29, 1.82) is 0 Å². The van der Waals surface area contributed by atoms with E-state index in [4.69, 9.17) is 11.0 Å². The molecule has 0 unspecified atom stereocenters. The van der Waals surface area contributed by atoms with Crippen molar-refractivity contribution in [1.82, 2.24) is 0 Å². The fraction of sp³-hybridized carbons (Fsp3) is 0. The third-order valence-electron chi connectivity index (χ3n) is 8.64. The maximum atomic E-state index is 9.48. The van der Waals surface area contributed by atoms with Crippen LogP contribution in [0.3, 0.4) is 0 Å². The lowest BCUT2D eigenvalue weighted by Gasteiger charge is -2.20. The Hall–Kier alpha value is -5.98. The molecule has 9 aromatic rings. The molecule has 0 atom stereocenters. The van der Waals surface area contributed by atoms with Crippen molar-refractivity contribution in [3.8, 4) is 44.5 Å². The lowest BCUT2D eigenvalue weighted by atomic mass is 9.82. The predicted molar refractivity (Wildman–Crippen MR) is 198 cm³/mol. The summed E-state index contributed by atoms with van der Waals surface area (Å²) in [4.78, 5) is 0. The molecule has 0 heteroatoms. The Kier molecular flexibility index (Phi) is 4.00. The first-order valence-corrected chi connectivity index (χ1v) is 15.0. The van der Waals surface area contributed by atoms with Gasteiger partial charge >= 0.3 is 0 Å². The molecule has 9 aromatic carbocycles. The SMILES string of the molecule is [2H]c1cc([2H])c2c(-c3ccccc3-c3c([2H])c([2H])c([2H])c([2H])c3[2H])c3c([2H])c([2H])c([2H])c([2H])c3c(-c3cccc4c(-c5ccc6ccccc6c5)cccc34)c2c1[2H]. The zero-order valence-electron chi connectivity index (χ0n) is 36.4. The van der Waals surface area contributed by atoms with E-state index >= 15 is 0 Å². The van der Waals surface area contributed by atoms with Gasteiger partial charge in [-0.15, -0.1) is 0 Å². The van der Waals surface area contributed by atoms with Gasteiger partial charge in [0.2, 0.25) is 0 Å². The Bertz CT molecular complexity index is 3230. The molecule has 214 valence electrons. The largest absolute Gasteiger partial charge is 0.0629 e. The zero-order chi connectivity index (χ0) is 40.9. The van der Waals surface area contributed by atoms with Gasteiger partial charge < -0.3 is 0 Å².